The Balaban J connectivity index is 2.13. The monoisotopic (exact) mass is 294 g/mol. The molecular formula is C11H11BrN4O. The van der Waals surface area contributed by atoms with Gasteiger partial charge in [0.05, 0.1) is 0 Å². The van der Waals surface area contributed by atoms with Gasteiger partial charge in [-0.25, -0.2) is 4.98 Å². The van der Waals surface area contributed by atoms with E-state index in [0.29, 0.717) is 21.6 Å². The van der Waals surface area contributed by atoms with Gasteiger partial charge in [0, 0.05) is 19.2 Å². The summed E-state index contributed by atoms with van der Waals surface area (Å²) in [5, 5.41) is 11.2. The normalized spacial score (nSPS) is 14.2. The number of fused-ring (bicyclic) bond motifs is 1. The van der Waals surface area contributed by atoms with E-state index in [1.807, 2.05) is 16.7 Å². The standard InChI is InChI=1S/C11H11BrN4O/c12-9-3-2-8(17-9)7-6-10(13)16-5-1-4-14-11(16)15-7/h2-3,6,13H,1,4-5H2,(H,14,15). The summed E-state index contributed by atoms with van der Waals surface area (Å²) in [7, 11) is 0. The molecule has 2 aromatic heterocycles. The maximum Gasteiger partial charge on any atom is 0.205 e. The summed E-state index contributed by atoms with van der Waals surface area (Å²) in [6.45, 7) is 1.74. The summed E-state index contributed by atoms with van der Waals surface area (Å²) in [4.78, 5) is 4.47. The first-order valence-electron chi connectivity index (χ1n) is 5.40. The maximum atomic E-state index is 7.98. The number of aromatic nitrogens is 2. The van der Waals surface area contributed by atoms with Gasteiger partial charge in [-0.3, -0.25) is 9.98 Å². The Morgan fingerprint density at radius 3 is 3.12 bits per heavy atom. The Labute approximate surface area is 106 Å². The number of hydrogen-bond donors (Lipinski definition) is 2. The van der Waals surface area contributed by atoms with Crippen LogP contribution < -0.4 is 10.8 Å². The van der Waals surface area contributed by atoms with Crippen LogP contribution in [0.3, 0.4) is 0 Å². The second-order valence-corrected chi connectivity index (χ2v) is 4.67. The minimum atomic E-state index is 0.449. The lowest BCUT2D eigenvalue weighted by atomic mass is 10.3. The first kappa shape index (κ1) is 10.6. The minimum absolute atomic E-state index is 0.449. The van der Waals surface area contributed by atoms with Crippen LogP contribution in [0.1, 0.15) is 6.42 Å². The largest absolute Gasteiger partial charge is 0.448 e. The highest BCUT2D eigenvalue weighted by Gasteiger charge is 2.13. The highest BCUT2D eigenvalue weighted by Crippen LogP contribution is 2.23. The van der Waals surface area contributed by atoms with Crippen molar-refractivity contribution < 1.29 is 4.42 Å². The zero-order valence-corrected chi connectivity index (χ0v) is 10.6. The predicted molar refractivity (Wildman–Crippen MR) is 66.6 cm³/mol. The molecule has 3 rings (SSSR count). The Morgan fingerprint density at radius 2 is 2.35 bits per heavy atom. The molecule has 0 saturated carbocycles. The molecule has 0 saturated heterocycles. The van der Waals surface area contributed by atoms with Crippen LogP contribution in [0.4, 0.5) is 5.95 Å². The first-order valence-corrected chi connectivity index (χ1v) is 6.19. The van der Waals surface area contributed by atoms with E-state index in [1.165, 1.54) is 0 Å². The summed E-state index contributed by atoms with van der Waals surface area (Å²) in [6.07, 6.45) is 1.02. The molecule has 0 amide bonds. The molecule has 0 fully saturated rings. The topological polar surface area (TPSA) is 66.8 Å². The Kier molecular flexibility index (Phi) is 2.51. The molecule has 2 aromatic rings. The number of anilines is 1. The first-order chi connectivity index (χ1) is 8.24. The fourth-order valence-electron chi connectivity index (χ4n) is 1.91. The fourth-order valence-corrected chi connectivity index (χ4v) is 2.21. The van der Waals surface area contributed by atoms with Crippen molar-refractivity contribution in [3.63, 3.8) is 0 Å². The van der Waals surface area contributed by atoms with Crippen molar-refractivity contribution in [3.05, 3.63) is 28.4 Å². The van der Waals surface area contributed by atoms with E-state index in [4.69, 9.17) is 9.83 Å². The molecule has 0 atom stereocenters. The maximum absolute atomic E-state index is 7.98. The molecule has 0 spiro atoms. The van der Waals surface area contributed by atoms with Gasteiger partial charge < -0.3 is 9.73 Å². The van der Waals surface area contributed by atoms with Crippen molar-refractivity contribution >= 4 is 21.9 Å². The third-order valence-corrected chi connectivity index (χ3v) is 3.14. The summed E-state index contributed by atoms with van der Waals surface area (Å²) in [6, 6.07) is 5.38. The number of nitrogens with zero attached hydrogens (tertiary/aromatic N) is 2. The Hall–Kier alpha value is -1.56. The zero-order chi connectivity index (χ0) is 11.8. The number of furan rings is 1. The third kappa shape index (κ3) is 1.88. The van der Waals surface area contributed by atoms with Crippen LogP contribution in [0, 0.1) is 5.41 Å². The van der Waals surface area contributed by atoms with Crippen molar-refractivity contribution in [2.24, 2.45) is 0 Å². The molecule has 5 nitrogen and oxygen atoms in total. The average molecular weight is 295 g/mol. The van der Waals surface area contributed by atoms with Gasteiger partial charge in [-0.1, -0.05) is 0 Å². The van der Waals surface area contributed by atoms with Crippen molar-refractivity contribution in [1.29, 1.82) is 5.41 Å². The van der Waals surface area contributed by atoms with E-state index in [2.05, 4.69) is 26.2 Å². The van der Waals surface area contributed by atoms with E-state index in [1.54, 1.807) is 6.07 Å². The van der Waals surface area contributed by atoms with Gasteiger partial charge in [-0.05, 0) is 34.5 Å². The third-order valence-electron chi connectivity index (χ3n) is 2.71. The summed E-state index contributed by atoms with van der Waals surface area (Å²) in [5.74, 6) is 1.41. The summed E-state index contributed by atoms with van der Waals surface area (Å²) >= 11 is 3.26. The summed E-state index contributed by atoms with van der Waals surface area (Å²) < 4.78 is 7.98. The van der Waals surface area contributed by atoms with Gasteiger partial charge in [0.25, 0.3) is 0 Å². The van der Waals surface area contributed by atoms with E-state index in [0.717, 1.165) is 25.5 Å². The minimum Gasteiger partial charge on any atom is -0.448 e. The van der Waals surface area contributed by atoms with Crippen molar-refractivity contribution in [1.82, 2.24) is 9.55 Å². The lowest BCUT2D eigenvalue weighted by Crippen LogP contribution is -2.29. The summed E-state index contributed by atoms with van der Waals surface area (Å²) in [5.41, 5.74) is 1.13. The average Bonchev–Trinajstić information content (AvgIpc) is 2.76. The zero-order valence-electron chi connectivity index (χ0n) is 9.03. The van der Waals surface area contributed by atoms with Gasteiger partial charge in [0.15, 0.2) is 10.4 Å². The Morgan fingerprint density at radius 1 is 1.47 bits per heavy atom. The highest BCUT2D eigenvalue weighted by atomic mass is 79.9. The molecule has 1 aliphatic rings. The number of halogens is 1. The second-order valence-electron chi connectivity index (χ2n) is 3.89. The molecular weight excluding hydrogens is 284 g/mol. The smallest absolute Gasteiger partial charge is 0.205 e. The highest BCUT2D eigenvalue weighted by molar-refractivity contribution is 9.10. The van der Waals surface area contributed by atoms with Crippen LogP contribution in [0.5, 0.6) is 0 Å². The van der Waals surface area contributed by atoms with Crippen molar-refractivity contribution in [2.75, 3.05) is 11.9 Å². The molecule has 0 radical (unpaired) electrons. The van der Waals surface area contributed by atoms with Crippen LogP contribution >= 0.6 is 15.9 Å². The molecule has 2 N–H and O–H groups in total. The number of rotatable bonds is 1. The molecule has 0 bridgehead atoms. The Bertz CT molecular complexity index is 616. The van der Waals surface area contributed by atoms with Crippen LogP contribution in [-0.2, 0) is 6.54 Å². The molecule has 17 heavy (non-hydrogen) atoms. The molecule has 0 unspecified atom stereocenters. The van der Waals surface area contributed by atoms with Crippen molar-refractivity contribution in [2.45, 2.75) is 13.0 Å². The number of hydrogen-bond acceptors (Lipinski definition) is 4. The SMILES string of the molecule is N=c1cc(-c2ccc(Br)o2)nc2n1CCCN2. The van der Waals surface area contributed by atoms with Gasteiger partial charge in [-0.2, -0.15) is 0 Å². The van der Waals surface area contributed by atoms with Crippen LogP contribution in [0.15, 0.2) is 27.3 Å². The molecule has 88 valence electrons. The van der Waals surface area contributed by atoms with E-state index >= 15 is 0 Å². The molecule has 0 aromatic carbocycles. The van der Waals surface area contributed by atoms with Crippen LogP contribution in [-0.4, -0.2) is 16.1 Å². The van der Waals surface area contributed by atoms with E-state index in [9.17, 15) is 0 Å². The van der Waals surface area contributed by atoms with Crippen molar-refractivity contribution in [3.8, 4) is 11.5 Å². The quantitative estimate of drug-likeness (QED) is 0.847. The van der Waals surface area contributed by atoms with Gasteiger partial charge >= 0.3 is 0 Å². The molecule has 6 heteroatoms. The molecule has 3 heterocycles. The lowest BCUT2D eigenvalue weighted by molar-refractivity contribution is 0.548. The lowest BCUT2D eigenvalue weighted by Gasteiger charge is -2.19. The van der Waals surface area contributed by atoms with Crippen LogP contribution in [0.25, 0.3) is 11.5 Å². The number of nitrogens with one attached hydrogen (secondary N) is 2. The second kappa shape index (κ2) is 4.03. The predicted octanol–water partition coefficient (Wildman–Crippen LogP) is 2.20. The molecule has 0 aliphatic carbocycles. The van der Waals surface area contributed by atoms with E-state index in [-0.39, 0.29) is 0 Å². The molecule has 1 aliphatic heterocycles. The fraction of sp³-hybridized carbons (Fsp3) is 0.273. The van der Waals surface area contributed by atoms with Crippen LogP contribution in [0.2, 0.25) is 0 Å². The van der Waals surface area contributed by atoms with E-state index < -0.39 is 0 Å². The van der Waals surface area contributed by atoms with Gasteiger partial charge in [-0.15, -0.1) is 0 Å². The van der Waals surface area contributed by atoms with Gasteiger partial charge in [0.1, 0.15) is 11.2 Å². The van der Waals surface area contributed by atoms with Gasteiger partial charge in [0.2, 0.25) is 5.95 Å².